The molecular weight excluding hydrogens is 384 g/mol. The molecule has 2 aromatic carbocycles. The molecule has 5 N–H and O–H groups in total. The number of nitrogens with two attached hydrogens (primary N) is 1. The second kappa shape index (κ2) is 8.63. The fourth-order valence-electron chi connectivity index (χ4n) is 2.27. The third-order valence-electron chi connectivity index (χ3n) is 3.78. The zero-order valence-corrected chi connectivity index (χ0v) is 16.1. The summed E-state index contributed by atoms with van der Waals surface area (Å²) >= 11 is 4.75. The number of nitrogens with one attached hydrogen (secondary N) is 2. The van der Waals surface area contributed by atoms with Crippen LogP contribution < -0.4 is 21.1 Å². The lowest BCUT2D eigenvalue weighted by Crippen LogP contribution is -2.45. The summed E-state index contributed by atoms with van der Waals surface area (Å²) in [6, 6.07) is 10.8. The molecule has 0 aliphatic heterocycles. The van der Waals surface area contributed by atoms with Gasteiger partial charge in [0.2, 0.25) is 0 Å². The average Bonchev–Trinajstić information content (AvgIpc) is 2.60. The summed E-state index contributed by atoms with van der Waals surface area (Å²) in [4.78, 5) is 22.7. The molecule has 0 radical (unpaired) electrons. The SMILES string of the molecule is Cc1cc(NC(=O)[C@@](C)(O)COc2ccc(NC(N)=S)cc2)ccc1[N+](=O)[O-]. The quantitative estimate of drug-likeness (QED) is 0.313. The van der Waals surface area contributed by atoms with Gasteiger partial charge in [-0.3, -0.25) is 14.9 Å². The number of carbonyl (C=O) groups is 1. The number of hydrogen-bond donors (Lipinski definition) is 4. The van der Waals surface area contributed by atoms with Gasteiger partial charge in [0.15, 0.2) is 10.7 Å². The third-order valence-corrected chi connectivity index (χ3v) is 3.88. The van der Waals surface area contributed by atoms with E-state index in [-0.39, 0.29) is 17.4 Å². The molecule has 0 unspecified atom stereocenters. The molecule has 148 valence electrons. The highest BCUT2D eigenvalue weighted by atomic mass is 32.1. The first-order valence-corrected chi connectivity index (χ1v) is 8.57. The van der Waals surface area contributed by atoms with Crippen molar-refractivity contribution in [2.45, 2.75) is 19.4 Å². The number of rotatable bonds is 7. The van der Waals surface area contributed by atoms with Crippen LogP contribution in [-0.2, 0) is 4.79 Å². The van der Waals surface area contributed by atoms with Crippen molar-refractivity contribution in [2.24, 2.45) is 5.73 Å². The summed E-state index contributed by atoms with van der Waals surface area (Å²) in [7, 11) is 0. The molecule has 0 saturated carbocycles. The van der Waals surface area contributed by atoms with E-state index in [0.29, 0.717) is 22.7 Å². The number of thiocarbonyl (C=S) groups is 1. The zero-order chi connectivity index (χ0) is 20.9. The number of nitrogens with zero attached hydrogens (tertiary/aromatic N) is 1. The van der Waals surface area contributed by atoms with Crippen LogP contribution in [0.4, 0.5) is 17.1 Å². The zero-order valence-electron chi connectivity index (χ0n) is 15.3. The topological polar surface area (TPSA) is 140 Å². The number of aryl methyl sites for hydroxylation is 1. The molecule has 1 amide bonds. The molecule has 2 aromatic rings. The predicted molar refractivity (Wildman–Crippen MR) is 109 cm³/mol. The van der Waals surface area contributed by atoms with Gasteiger partial charge in [0.1, 0.15) is 12.4 Å². The number of anilines is 2. The molecule has 28 heavy (non-hydrogen) atoms. The summed E-state index contributed by atoms with van der Waals surface area (Å²) in [6.45, 7) is 2.57. The van der Waals surface area contributed by atoms with Crippen LogP contribution in [0.1, 0.15) is 12.5 Å². The molecule has 0 saturated heterocycles. The second-order valence-electron chi connectivity index (χ2n) is 6.29. The van der Waals surface area contributed by atoms with E-state index < -0.39 is 16.4 Å². The second-order valence-corrected chi connectivity index (χ2v) is 6.73. The minimum atomic E-state index is -1.83. The van der Waals surface area contributed by atoms with Gasteiger partial charge in [-0.1, -0.05) is 0 Å². The van der Waals surface area contributed by atoms with E-state index in [1.54, 1.807) is 31.2 Å². The van der Waals surface area contributed by atoms with Gasteiger partial charge in [0.25, 0.3) is 11.6 Å². The summed E-state index contributed by atoms with van der Waals surface area (Å²) in [6.07, 6.45) is 0. The molecule has 10 heteroatoms. The molecule has 0 fully saturated rings. The number of nitro groups is 1. The Kier molecular flexibility index (Phi) is 6.49. The van der Waals surface area contributed by atoms with Crippen molar-refractivity contribution in [3.8, 4) is 5.75 Å². The predicted octanol–water partition coefficient (Wildman–Crippen LogP) is 2.33. The smallest absolute Gasteiger partial charge is 0.272 e. The van der Waals surface area contributed by atoms with Gasteiger partial charge in [-0.15, -0.1) is 0 Å². The number of nitro benzene ring substituents is 1. The van der Waals surface area contributed by atoms with E-state index >= 15 is 0 Å². The van der Waals surface area contributed by atoms with Gasteiger partial charge in [0.05, 0.1) is 4.92 Å². The average molecular weight is 404 g/mol. The molecule has 9 nitrogen and oxygen atoms in total. The number of aliphatic hydroxyl groups is 1. The monoisotopic (exact) mass is 404 g/mol. The van der Waals surface area contributed by atoms with Crippen molar-refractivity contribution in [3.05, 3.63) is 58.1 Å². The standard InChI is InChI=1S/C18H20N4O5S/c1-11-9-13(5-8-15(11)22(25)26)20-16(23)18(2,24)10-27-14-6-3-12(4-7-14)21-17(19)28/h3-9,24H,10H2,1-2H3,(H,20,23)(H3,19,21,28)/t18-/m0/s1. The lowest BCUT2D eigenvalue weighted by molar-refractivity contribution is -0.385. The van der Waals surface area contributed by atoms with Gasteiger partial charge in [-0.2, -0.15) is 0 Å². The van der Waals surface area contributed by atoms with Crippen molar-refractivity contribution in [2.75, 3.05) is 17.2 Å². The van der Waals surface area contributed by atoms with Gasteiger partial charge in [0, 0.05) is 23.0 Å². The fourth-order valence-corrected chi connectivity index (χ4v) is 2.39. The van der Waals surface area contributed by atoms with E-state index in [0.717, 1.165) is 0 Å². The maximum atomic E-state index is 12.3. The summed E-state index contributed by atoms with van der Waals surface area (Å²) in [5, 5.41) is 26.7. The van der Waals surface area contributed by atoms with Crippen LogP contribution >= 0.6 is 12.2 Å². The Morgan fingerprint density at radius 3 is 2.39 bits per heavy atom. The van der Waals surface area contributed by atoms with E-state index in [9.17, 15) is 20.0 Å². The number of amides is 1. The van der Waals surface area contributed by atoms with E-state index in [2.05, 4.69) is 10.6 Å². The molecule has 0 aromatic heterocycles. The van der Waals surface area contributed by atoms with E-state index in [1.165, 1.54) is 25.1 Å². The number of hydrogen-bond acceptors (Lipinski definition) is 6. The minimum Gasteiger partial charge on any atom is -0.490 e. The van der Waals surface area contributed by atoms with Crippen LogP contribution in [0.25, 0.3) is 0 Å². The lowest BCUT2D eigenvalue weighted by atomic mass is 10.1. The van der Waals surface area contributed by atoms with E-state index in [1.807, 2.05) is 0 Å². The normalized spacial score (nSPS) is 12.5. The molecule has 2 rings (SSSR count). The summed E-state index contributed by atoms with van der Waals surface area (Å²) in [5.41, 5.74) is 4.91. The number of ether oxygens (including phenoxy) is 1. The van der Waals surface area contributed by atoms with E-state index in [4.69, 9.17) is 22.7 Å². The summed E-state index contributed by atoms with van der Waals surface area (Å²) < 4.78 is 5.47. The van der Waals surface area contributed by atoms with Crippen LogP contribution in [0.2, 0.25) is 0 Å². The largest absolute Gasteiger partial charge is 0.490 e. The Balaban J connectivity index is 1.98. The highest BCUT2D eigenvalue weighted by Gasteiger charge is 2.31. The van der Waals surface area contributed by atoms with Crippen molar-refractivity contribution >= 4 is 40.3 Å². The Hall–Kier alpha value is -3.24. The first kappa shape index (κ1) is 21.1. The van der Waals surface area contributed by atoms with Crippen LogP contribution in [0.3, 0.4) is 0 Å². The Labute approximate surface area is 166 Å². The molecule has 0 aliphatic carbocycles. The van der Waals surface area contributed by atoms with Crippen LogP contribution in [0.5, 0.6) is 5.75 Å². The minimum absolute atomic E-state index is 0.0542. The first-order chi connectivity index (χ1) is 13.1. The van der Waals surface area contributed by atoms with Crippen molar-refractivity contribution in [3.63, 3.8) is 0 Å². The molecule has 1 atom stereocenters. The Morgan fingerprint density at radius 2 is 1.86 bits per heavy atom. The van der Waals surface area contributed by atoms with Crippen molar-refractivity contribution in [1.29, 1.82) is 0 Å². The Bertz CT molecular complexity index is 899. The lowest BCUT2D eigenvalue weighted by Gasteiger charge is -2.22. The van der Waals surface area contributed by atoms with Gasteiger partial charge >= 0.3 is 0 Å². The molecule has 0 heterocycles. The van der Waals surface area contributed by atoms with Crippen LogP contribution in [-0.4, -0.2) is 33.3 Å². The summed E-state index contributed by atoms with van der Waals surface area (Å²) in [5.74, 6) is -0.264. The highest BCUT2D eigenvalue weighted by molar-refractivity contribution is 7.80. The molecule has 0 spiro atoms. The number of carbonyl (C=O) groups excluding carboxylic acids is 1. The van der Waals surface area contributed by atoms with Crippen LogP contribution in [0.15, 0.2) is 42.5 Å². The molecular formula is C18H20N4O5S. The first-order valence-electron chi connectivity index (χ1n) is 8.17. The van der Waals surface area contributed by atoms with Crippen molar-refractivity contribution < 1.29 is 19.6 Å². The third kappa shape index (κ3) is 5.63. The van der Waals surface area contributed by atoms with Gasteiger partial charge < -0.3 is 26.2 Å². The van der Waals surface area contributed by atoms with Gasteiger partial charge in [-0.05, 0) is 62.5 Å². The highest BCUT2D eigenvalue weighted by Crippen LogP contribution is 2.23. The number of benzene rings is 2. The van der Waals surface area contributed by atoms with Crippen LogP contribution in [0, 0.1) is 17.0 Å². The maximum absolute atomic E-state index is 12.3. The maximum Gasteiger partial charge on any atom is 0.272 e. The van der Waals surface area contributed by atoms with Gasteiger partial charge in [-0.25, -0.2) is 0 Å². The molecule has 0 bridgehead atoms. The Morgan fingerprint density at radius 1 is 1.25 bits per heavy atom. The molecule has 0 aliphatic rings. The van der Waals surface area contributed by atoms with Crippen molar-refractivity contribution in [1.82, 2.24) is 0 Å². The fraction of sp³-hybridized carbons (Fsp3) is 0.222.